The van der Waals surface area contributed by atoms with Gasteiger partial charge >= 0.3 is 7.32 Å². The number of amides is 2. The summed E-state index contributed by atoms with van der Waals surface area (Å²) < 4.78 is 4.86. The van der Waals surface area contributed by atoms with Crippen molar-refractivity contribution in [1.82, 2.24) is 10.2 Å². The lowest BCUT2D eigenvalue weighted by Gasteiger charge is -2.22. The number of nitrogens with one attached hydrogen (secondary N) is 1. The van der Waals surface area contributed by atoms with E-state index in [1.165, 1.54) is 16.2 Å². The summed E-state index contributed by atoms with van der Waals surface area (Å²) in [6.45, 7) is 5.31. The molecule has 3 N–H and O–H groups in total. The third-order valence-corrected chi connectivity index (χ3v) is 3.54. The lowest BCUT2D eigenvalue weighted by atomic mass is 10.2. The first-order valence-corrected chi connectivity index (χ1v) is 7.64. The zero-order valence-corrected chi connectivity index (χ0v) is 13.1. The number of carbonyl (C=O) groups is 2. The molecule has 7 nitrogen and oxygen atoms in total. The van der Waals surface area contributed by atoms with Gasteiger partial charge in [-0.3, -0.25) is 9.59 Å². The van der Waals surface area contributed by atoms with Crippen LogP contribution in [0.3, 0.4) is 0 Å². The Bertz CT molecular complexity index is 495. The fourth-order valence-corrected chi connectivity index (χ4v) is 2.46. The number of carbonyl (C=O) groups excluding carboxylic acids is 2. The summed E-state index contributed by atoms with van der Waals surface area (Å²) in [5.74, 6) is -0.812. The van der Waals surface area contributed by atoms with Crippen LogP contribution in [0.25, 0.3) is 0 Å². The van der Waals surface area contributed by atoms with Crippen molar-refractivity contribution in [1.29, 1.82) is 0 Å². The minimum atomic E-state index is -2.00. The van der Waals surface area contributed by atoms with E-state index in [4.69, 9.17) is 14.7 Å². The highest BCUT2D eigenvalue weighted by atomic mass is 32.1. The molecule has 1 rings (SSSR count). The van der Waals surface area contributed by atoms with Crippen LogP contribution in [0.2, 0.25) is 0 Å². The summed E-state index contributed by atoms with van der Waals surface area (Å²) in [6, 6.07) is 1.84. The lowest BCUT2D eigenvalue weighted by molar-refractivity contribution is -0.133. The second-order valence-electron chi connectivity index (χ2n) is 4.41. The molecule has 0 aromatic carbocycles. The lowest BCUT2D eigenvalue weighted by Crippen LogP contribution is -2.47. The van der Waals surface area contributed by atoms with Gasteiger partial charge in [0.1, 0.15) is 6.23 Å². The Kier molecular flexibility index (Phi) is 7.82. The molecule has 1 heterocycles. The van der Waals surface area contributed by atoms with E-state index in [0.29, 0.717) is 6.54 Å². The number of rotatable bonds is 9. The van der Waals surface area contributed by atoms with Crippen molar-refractivity contribution in [2.75, 3.05) is 13.1 Å². The maximum atomic E-state index is 12.0. The molecule has 0 spiro atoms. The number of nitrogens with zero attached hydrogens (tertiary/aromatic N) is 1. The fourth-order valence-electron chi connectivity index (χ4n) is 1.78. The molecule has 120 valence electrons. The number of likely N-dealkylation sites (N-methyl/N-ethyl adjacent to an activating group) is 1. The summed E-state index contributed by atoms with van der Waals surface area (Å²) >= 11 is 1.48. The minimum Gasteiger partial charge on any atom is -0.402 e. The second kappa shape index (κ2) is 9.36. The number of hydrogen-bond acceptors (Lipinski definition) is 6. The molecule has 0 aliphatic rings. The minimum absolute atomic E-state index is 0.160. The van der Waals surface area contributed by atoms with E-state index in [1.807, 2.05) is 16.8 Å². The van der Waals surface area contributed by atoms with Gasteiger partial charge in [-0.15, -0.1) is 0 Å². The molecule has 0 fully saturated rings. The van der Waals surface area contributed by atoms with Crippen molar-refractivity contribution in [2.45, 2.75) is 19.6 Å². The summed E-state index contributed by atoms with van der Waals surface area (Å²) in [7, 11) is -2.00. The molecule has 0 radical (unpaired) electrons. The van der Waals surface area contributed by atoms with Crippen LogP contribution >= 0.6 is 11.3 Å². The van der Waals surface area contributed by atoms with Crippen molar-refractivity contribution in [2.24, 2.45) is 0 Å². The van der Waals surface area contributed by atoms with Crippen molar-refractivity contribution in [3.8, 4) is 0 Å². The summed E-state index contributed by atoms with van der Waals surface area (Å²) in [6.07, 6.45) is 0.516. The van der Waals surface area contributed by atoms with Gasteiger partial charge in [-0.1, -0.05) is 6.58 Å². The molecule has 0 aliphatic heterocycles. The van der Waals surface area contributed by atoms with Crippen LogP contribution in [0.1, 0.15) is 12.5 Å². The molecule has 0 bridgehead atoms. The summed E-state index contributed by atoms with van der Waals surface area (Å²) in [5.41, 5.74) is 0.894. The predicted molar refractivity (Wildman–Crippen MR) is 83.7 cm³/mol. The molecule has 0 aliphatic carbocycles. The Labute approximate surface area is 133 Å². The van der Waals surface area contributed by atoms with Crippen LogP contribution in [-0.4, -0.2) is 53.4 Å². The quantitative estimate of drug-likeness (QED) is 0.330. The van der Waals surface area contributed by atoms with Crippen molar-refractivity contribution >= 4 is 30.5 Å². The van der Waals surface area contributed by atoms with Crippen LogP contribution in [-0.2, 0) is 20.7 Å². The Hall–Kier alpha value is -1.68. The zero-order chi connectivity index (χ0) is 16.5. The van der Waals surface area contributed by atoms with Crippen molar-refractivity contribution in [3.05, 3.63) is 35.0 Å². The van der Waals surface area contributed by atoms with Gasteiger partial charge in [0, 0.05) is 13.0 Å². The van der Waals surface area contributed by atoms with Gasteiger partial charge in [0.05, 0.1) is 6.54 Å². The van der Waals surface area contributed by atoms with Crippen LogP contribution in [0, 0.1) is 0 Å². The molecular weight excluding hydrogens is 307 g/mol. The van der Waals surface area contributed by atoms with E-state index in [-0.39, 0.29) is 18.9 Å². The first-order chi connectivity index (χ1) is 10.5. The monoisotopic (exact) mass is 326 g/mol. The van der Waals surface area contributed by atoms with Gasteiger partial charge in [0.2, 0.25) is 11.8 Å². The third-order valence-electron chi connectivity index (χ3n) is 2.81. The van der Waals surface area contributed by atoms with E-state index in [9.17, 15) is 9.59 Å². The first-order valence-electron chi connectivity index (χ1n) is 6.69. The molecular formula is C13H19BN2O5S. The van der Waals surface area contributed by atoms with E-state index < -0.39 is 19.5 Å². The smallest absolute Gasteiger partial charge is 0.402 e. The molecule has 0 saturated heterocycles. The number of hydrogen-bond donors (Lipinski definition) is 3. The fraction of sp³-hybridized carbons (Fsp3) is 0.385. The summed E-state index contributed by atoms with van der Waals surface area (Å²) in [4.78, 5) is 24.8. The van der Waals surface area contributed by atoms with E-state index >= 15 is 0 Å². The van der Waals surface area contributed by atoms with Crippen LogP contribution in [0.5, 0.6) is 0 Å². The summed E-state index contributed by atoms with van der Waals surface area (Å²) in [5, 5.41) is 24.1. The molecule has 9 heteroatoms. The second-order valence-corrected chi connectivity index (χ2v) is 5.19. The predicted octanol–water partition coefficient (Wildman–Crippen LogP) is -0.246. The van der Waals surface area contributed by atoms with Gasteiger partial charge in [-0.05, 0) is 35.4 Å². The zero-order valence-electron chi connectivity index (χ0n) is 12.3. The highest BCUT2D eigenvalue weighted by Crippen LogP contribution is 2.09. The van der Waals surface area contributed by atoms with Crippen LogP contribution in [0.15, 0.2) is 29.5 Å². The Morgan fingerprint density at radius 1 is 1.59 bits per heavy atom. The van der Waals surface area contributed by atoms with Gasteiger partial charge < -0.3 is 24.9 Å². The Morgan fingerprint density at radius 3 is 2.82 bits per heavy atom. The van der Waals surface area contributed by atoms with Crippen LogP contribution in [0.4, 0.5) is 0 Å². The first kappa shape index (κ1) is 18.4. The molecule has 1 aromatic heterocycles. The topological polar surface area (TPSA) is 99.1 Å². The van der Waals surface area contributed by atoms with E-state index in [2.05, 4.69) is 11.9 Å². The molecule has 1 aromatic rings. The largest absolute Gasteiger partial charge is 0.635 e. The normalized spacial score (nSPS) is 11.6. The van der Waals surface area contributed by atoms with Gasteiger partial charge in [0.25, 0.3) is 0 Å². The van der Waals surface area contributed by atoms with Crippen molar-refractivity contribution < 1.29 is 24.3 Å². The molecule has 0 unspecified atom stereocenters. The molecule has 1 atom stereocenters. The average molecular weight is 326 g/mol. The molecule has 0 saturated carbocycles. The molecule has 22 heavy (non-hydrogen) atoms. The standard InChI is InChI=1S/C13H19BN2O5S/c1-3-13(18)16(4-2)8-11(17)15-12(21-14(19)20)7-10-5-6-22-9-10/h3,5-6,9,12,19-20H,1,4,7-8H2,2H3,(H,15,17)/t12-/m1/s1. The van der Waals surface area contributed by atoms with Gasteiger partial charge in [-0.2, -0.15) is 11.3 Å². The maximum Gasteiger partial charge on any atom is 0.635 e. The SMILES string of the molecule is C=CC(=O)N(CC)CC(=O)N[C@@H](Cc1ccsc1)OB(O)O. The molecule has 2 amide bonds. The Morgan fingerprint density at radius 2 is 2.32 bits per heavy atom. The van der Waals surface area contributed by atoms with Gasteiger partial charge in [-0.25, -0.2) is 0 Å². The van der Waals surface area contributed by atoms with E-state index in [1.54, 1.807) is 6.92 Å². The van der Waals surface area contributed by atoms with Crippen molar-refractivity contribution in [3.63, 3.8) is 0 Å². The van der Waals surface area contributed by atoms with Crippen LogP contribution < -0.4 is 5.32 Å². The van der Waals surface area contributed by atoms with E-state index in [0.717, 1.165) is 11.6 Å². The highest BCUT2D eigenvalue weighted by molar-refractivity contribution is 7.07. The third kappa shape index (κ3) is 6.40. The maximum absolute atomic E-state index is 12.0. The average Bonchev–Trinajstić information content (AvgIpc) is 2.95. The Balaban J connectivity index is 2.61. The highest BCUT2D eigenvalue weighted by Gasteiger charge is 2.22. The number of thiophene rings is 1. The van der Waals surface area contributed by atoms with Gasteiger partial charge in [0.15, 0.2) is 0 Å².